The molecule has 2 aromatic carbocycles. The molecule has 2 aromatic heterocycles. The zero-order valence-corrected chi connectivity index (χ0v) is 26.6. The molecule has 0 radical (unpaired) electrons. The van der Waals surface area contributed by atoms with Crippen LogP contribution < -0.4 is 15.4 Å². The molecule has 12 heteroatoms. The van der Waals surface area contributed by atoms with E-state index in [1.165, 1.54) is 12.0 Å². The molecule has 2 heterocycles. The zero-order valence-electron chi connectivity index (χ0n) is 26.6. The summed E-state index contributed by atoms with van der Waals surface area (Å²) in [4.78, 5) is 51.8. The standard InChI is InChI=1S/C34H40N6O6/c1-5-6-7-10-21-45-34(43)38-31(35)24-12-15-26(16-13-24)46-23(2)32-37-27-22-25(14-17-28(27)39(32)3)33(42)40(20-18-30(41)44-4)29-11-8-9-19-36-29/h8-9,11-17,19,22-23H,5-7,10,18,20-21H2,1-4H3,(H2,35,38,43). The number of hydrogen-bond acceptors (Lipinski definition) is 8. The number of fused-ring (bicyclic) bond motifs is 1. The van der Waals surface area contributed by atoms with E-state index in [4.69, 9.17) is 24.9 Å². The number of amidine groups is 1. The largest absolute Gasteiger partial charge is 0.483 e. The lowest BCUT2D eigenvalue weighted by molar-refractivity contribution is -0.140. The maximum Gasteiger partial charge on any atom is 0.435 e. The lowest BCUT2D eigenvalue weighted by Gasteiger charge is -2.21. The van der Waals surface area contributed by atoms with Gasteiger partial charge in [-0.2, -0.15) is 4.99 Å². The number of imidazole rings is 1. The van der Waals surface area contributed by atoms with Crippen molar-refractivity contribution in [2.24, 2.45) is 17.8 Å². The number of aliphatic imine (C=N–C) groups is 1. The Morgan fingerprint density at radius 1 is 1.02 bits per heavy atom. The first-order valence-electron chi connectivity index (χ1n) is 15.3. The van der Waals surface area contributed by atoms with E-state index in [0.29, 0.717) is 40.6 Å². The third kappa shape index (κ3) is 8.68. The molecule has 46 heavy (non-hydrogen) atoms. The van der Waals surface area contributed by atoms with Crippen LogP contribution in [0.5, 0.6) is 5.75 Å². The smallest absolute Gasteiger partial charge is 0.435 e. The lowest BCUT2D eigenvalue weighted by atomic mass is 10.1. The number of anilines is 1. The molecular formula is C34H40N6O6. The normalized spacial score (nSPS) is 12.0. The van der Waals surface area contributed by atoms with Crippen molar-refractivity contribution in [1.82, 2.24) is 14.5 Å². The van der Waals surface area contributed by atoms with Crippen molar-refractivity contribution in [2.45, 2.75) is 52.1 Å². The number of amides is 2. The number of methoxy groups -OCH3 is 1. The van der Waals surface area contributed by atoms with Crippen LogP contribution in [-0.4, -0.2) is 58.6 Å². The molecular weight excluding hydrogens is 588 g/mol. The van der Waals surface area contributed by atoms with E-state index in [-0.39, 0.29) is 24.7 Å². The lowest BCUT2D eigenvalue weighted by Crippen LogP contribution is -2.33. The summed E-state index contributed by atoms with van der Waals surface area (Å²) in [6.45, 7) is 4.43. The van der Waals surface area contributed by atoms with Crippen molar-refractivity contribution in [2.75, 3.05) is 25.2 Å². The molecule has 0 bridgehead atoms. The summed E-state index contributed by atoms with van der Waals surface area (Å²) < 4.78 is 18.0. The van der Waals surface area contributed by atoms with E-state index in [9.17, 15) is 14.4 Å². The van der Waals surface area contributed by atoms with E-state index >= 15 is 0 Å². The molecule has 0 aliphatic heterocycles. The topological polar surface area (TPSA) is 151 Å². The maximum absolute atomic E-state index is 13.6. The number of aryl methyl sites for hydroxylation is 1. The molecule has 0 aliphatic carbocycles. The molecule has 0 aliphatic rings. The number of rotatable bonds is 14. The first kappa shape index (κ1) is 33.6. The van der Waals surface area contributed by atoms with Crippen LogP contribution in [0.4, 0.5) is 10.6 Å². The number of pyridine rings is 1. The van der Waals surface area contributed by atoms with Crippen molar-refractivity contribution in [1.29, 1.82) is 0 Å². The second-order valence-electron chi connectivity index (χ2n) is 10.7. The molecule has 12 nitrogen and oxygen atoms in total. The van der Waals surface area contributed by atoms with E-state index in [1.807, 2.05) is 24.6 Å². The van der Waals surface area contributed by atoms with Crippen LogP contribution in [0.25, 0.3) is 11.0 Å². The second kappa shape index (κ2) is 16.2. The van der Waals surface area contributed by atoms with Gasteiger partial charge in [0.05, 0.1) is 31.2 Å². The highest BCUT2D eigenvalue weighted by atomic mass is 16.5. The minimum Gasteiger partial charge on any atom is -0.483 e. The first-order chi connectivity index (χ1) is 22.2. The third-order valence-electron chi connectivity index (χ3n) is 7.36. The summed E-state index contributed by atoms with van der Waals surface area (Å²) in [5.74, 6) is 0.972. The van der Waals surface area contributed by atoms with Crippen LogP contribution in [-0.2, 0) is 21.3 Å². The highest BCUT2D eigenvalue weighted by Gasteiger charge is 2.22. The monoisotopic (exact) mass is 628 g/mol. The van der Waals surface area contributed by atoms with Crippen LogP contribution in [0, 0.1) is 0 Å². The van der Waals surface area contributed by atoms with Gasteiger partial charge in [-0.25, -0.2) is 14.8 Å². The van der Waals surface area contributed by atoms with E-state index in [1.54, 1.807) is 60.8 Å². The number of aromatic nitrogens is 3. The summed E-state index contributed by atoms with van der Waals surface area (Å²) in [5.41, 5.74) is 8.41. The fraction of sp³-hybridized carbons (Fsp3) is 0.353. The van der Waals surface area contributed by atoms with Crippen molar-refractivity contribution in [3.8, 4) is 5.75 Å². The Morgan fingerprint density at radius 3 is 2.48 bits per heavy atom. The number of ether oxygens (including phenoxy) is 3. The number of carbonyl (C=O) groups is 3. The summed E-state index contributed by atoms with van der Waals surface area (Å²) in [6.07, 6.45) is 4.47. The Kier molecular flexibility index (Phi) is 11.8. The Labute approximate surface area is 268 Å². The van der Waals surface area contributed by atoms with Gasteiger partial charge < -0.3 is 24.5 Å². The number of nitrogens with two attached hydrogens (primary N) is 1. The van der Waals surface area contributed by atoms with Gasteiger partial charge in [0.2, 0.25) is 0 Å². The van der Waals surface area contributed by atoms with Crippen LogP contribution in [0.1, 0.15) is 73.8 Å². The average Bonchev–Trinajstić information content (AvgIpc) is 3.40. The molecule has 4 rings (SSSR count). The van der Waals surface area contributed by atoms with Gasteiger partial charge in [-0.3, -0.25) is 14.5 Å². The fourth-order valence-corrected chi connectivity index (χ4v) is 4.85. The molecule has 1 unspecified atom stereocenters. The Morgan fingerprint density at radius 2 is 1.78 bits per heavy atom. The molecule has 2 N–H and O–H groups in total. The molecule has 0 saturated carbocycles. The van der Waals surface area contributed by atoms with Crippen molar-refractivity contribution >= 4 is 40.7 Å². The van der Waals surface area contributed by atoms with Gasteiger partial charge in [0.1, 0.15) is 17.4 Å². The van der Waals surface area contributed by atoms with Crippen LogP contribution in [0.15, 0.2) is 71.9 Å². The minimum atomic E-state index is -0.708. The first-order valence-corrected chi connectivity index (χ1v) is 15.3. The zero-order chi connectivity index (χ0) is 33.1. The van der Waals surface area contributed by atoms with Gasteiger partial charge in [-0.15, -0.1) is 0 Å². The molecule has 4 aromatic rings. The number of carbonyl (C=O) groups excluding carboxylic acids is 3. The van der Waals surface area contributed by atoms with E-state index in [0.717, 1.165) is 31.2 Å². The van der Waals surface area contributed by atoms with Gasteiger partial charge in [0.15, 0.2) is 11.9 Å². The summed E-state index contributed by atoms with van der Waals surface area (Å²) in [6, 6.07) is 17.4. The van der Waals surface area contributed by atoms with E-state index < -0.39 is 18.2 Å². The van der Waals surface area contributed by atoms with E-state index in [2.05, 4.69) is 16.9 Å². The predicted octanol–water partition coefficient (Wildman–Crippen LogP) is 5.74. The van der Waals surface area contributed by atoms with Gasteiger partial charge in [0, 0.05) is 30.9 Å². The SMILES string of the molecule is CCCCCCOC(=O)/N=C(/N)c1ccc(OC(C)c2nc3cc(C(=O)N(CCC(=O)OC)c4ccccn4)ccc3n2C)cc1. The summed E-state index contributed by atoms with van der Waals surface area (Å²) in [5, 5.41) is 0. The molecule has 2 amide bonds. The van der Waals surface area contributed by atoms with Crippen molar-refractivity contribution in [3.05, 3.63) is 83.8 Å². The summed E-state index contributed by atoms with van der Waals surface area (Å²) in [7, 11) is 3.19. The quantitative estimate of drug-likeness (QED) is 0.0798. The number of benzene rings is 2. The van der Waals surface area contributed by atoms with Gasteiger partial charge in [-0.05, 0) is 67.9 Å². The van der Waals surface area contributed by atoms with Gasteiger partial charge in [0.25, 0.3) is 5.91 Å². The van der Waals surface area contributed by atoms with Crippen LogP contribution in [0.3, 0.4) is 0 Å². The molecule has 242 valence electrons. The highest BCUT2D eigenvalue weighted by molar-refractivity contribution is 6.07. The highest BCUT2D eigenvalue weighted by Crippen LogP contribution is 2.26. The molecule has 0 saturated heterocycles. The van der Waals surface area contributed by atoms with Gasteiger partial charge >= 0.3 is 12.1 Å². The fourth-order valence-electron chi connectivity index (χ4n) is 4.85. The minimum absolute atomic E-state index is 0.0236. The number of esters is 1. The Balaban J connectivity index is 1.45. The maximum atomic E-state index is 13.6. The van der Waals surface area contributed by atoms with Crippen molar-refractivity contribution < 1.29 is 28.6 Å². The van der Waals surface area contributed by atoms with Crippen molar-refractivity contribution in [3.63, 3.8) is 0 Å². The van der Waals surface area contributed by atoms with Gasteiger partial charge in [-0.1, -0.05) is 32.3 Å². The average molecular weight is 629 g/mol. The molecule has 1 atom stereocenters. The molecule has 0 fully saturated rings. The van der Waals surface area contributed by atoms with Crippen LogP contribution in [0.2, 0.25) is 0 Å². The predicted molar refractivity (Wildman–Crippen MR) is 175 cm³/mol. The Bertz CT molecular complexity index is 1670. The molecule has 0 spiro atoms. The number of hydrogen-bond donors (Lipinski definition) is 1. The summed E-state index contributed by atoms with van der Waals surface area (Å²) >= 11 is 0. The number of unbranched alkanes of at least 4 members (excludes halogenated alkanes) is 3. The third-order valence-corrected chi connectivity index (χ3v) is 7.36. The van der Waals surface area contributed by atoms with Crippen LogP contribution >= 0.6 is 0 Å². The second-order valence-corrected chi connectivity index (χ2v) is 10.7. The Hall–Kier alpha value is -5.26. The number of nitrogens with zero attached hydrogens (tertiary/aromatic N) is 5.